The van der Waals surface area contributed by atoms with Gasteiger partial charge in [0.2, 0.25) is 11.7 Å². The minimum Gasteiger partial charge on any atom is -0.389 e. The zero-order valence-electron chi connectivity index (χ0n) is 14.3. The number of aryl methyl sites for hydroxylation is 1. The van der Waals surface area contributed by atoms with Gasteiger partial charge in [0.05, 0.1) is 5.69 Å². The van der Waals surface area contributed by atoms with Crippen molar-refractivity contribution < 1.29 is 9.63 Å². The Morgan fingerprint density at radius 3 is 2.69 bits per heavy atom. The molecule has 9 nitrogen and oxygen atoms in total. The van der Waals surface area contributed by atoms with Gasteiger partial charge in [-0.15, -0.1) is 5.10 Å². The van der Waals surface area contributed by atoms with Gasteiger partial charge in [-0.05, 0) is 22.6 Å². The number of tetrazole rings is 1. The topological polar surface area (TPSA) is 107 Å². The molecule has 0 unspecified atom stereocenters. The Morgan fingerprint density at radius 2 is 2.00 bits per heavy atom. The number of benzene rings is 1. The molecule has 2 aromatic heterocycles. The predicted octanol–water partition coefficient (Wildman–Crippen LogP) is 1.53. The van der Waals surface area contributed by atoms with E-state index in [9.17, 15) is 4.79 Å². The van der Waals surface area contributed by atoms with Crippen LogP contribution in [0.25, 0.3) is 0 Å². The van der Waals surface area contributed by atoms with E-state index in [1.807, 2.05) is 30.3 Å². The number of pyridine rings is 1. The Kier molecular flexibility index (Phi) is 5.28. The van der Waals surface area contributed by atoms with Gasteiger partial charge in [0.1, 0.15) is 5.82 Å². The van der Waals surface area contributed by atoms with Gasteiger partial charge < -0.3 is 10.2 Å². The van der Waals surface area contributed by atoms with E-state index in [1.54, 1.807) is 25.2 Å². The maximum atomic E-state index is 11.1. The summed E-state index contributed by atoms with van der Waals surface area (Å²) in [5.74, 6) is 0.759. The van der Waals surface area contributed by atoms with Crippen molar-refractivity contribution in [3.63, 3.8) is 0 Å². The first-order valence-corrected chi connectivity index (χ1v) is 7.85. The molecule has 0 radical (unpaired) electrons. The largest absolute Gasteiger partial charge is 0.389 e. The van der Waals surface area contributed by atoms with Crippen molar-refractivity contribution in [2.45, 2.75) is 13.5 Å². The maximum absolute atomic E-state index is 11.1. The molecule has 0 bridgehead atoms. The maximum Gasteiger partial charge on any atom is 0.222 e. The Morgan fingerprint density at radius 1 is 1.19 bits per heavy atom. The molecule has 0 fully saturated rings. The first-order valence-electron chi connectivity index (χ1n) is 7.85. The molecule has 2 heterocycles. The monoisotopic (exact) mass is 351 g/mol. The van der Waals surface area contributed by atoms with E-state index in [0.29, 0.717) is 23.0 Å². The lowest BCUT2D eigenvalue weighted by Gasteiger charge is -2.07. The van der Waals surface area contributed by atoms with Gasteiger partial charge in [-0.3, -0.25) is 4.79 Å². The zero-order valence-corrected chi connectivity index (χ0v) is 14.3. The molecule has 3 aromatic rings. The van der Waals surface area contributed by atoms with Crippen LogP contribution in [0.1, 0.15) is 24.0 Å². The highest BCUT2D eigenvalue weighted by atomic mass is 16.6. The Labute approximate surface area is 149 Å². The van der Waals surface area contributed by atoms with Crippen LogP contribution in [0, 0.1) is 0 Å². The lowest BCUT2D eigenvalue weighted by Crippen LogP contribution is -2.12. The molecule has 0 saturated heterocycles. The van der Waals surface area contributed by atoms with Crippen LogP contribution < -0.4 is 5.32 Å². The Balaban J connectivity index is 1.80. The Bertz CT molecular complexity index is 922. The highest BCUT2D eigenvalue weighted by Gasteiger charge is 2.14. The second-order valence-electron chi connectivity index (χ2n) is 5.40. The van der Waals surface area contributed by atoms with Crippen LogP contribution in [-0.4, -0.2) is 36.8 Å². The minimum atomic E-state index is -0.185. The van der Waals surface area contributed by atoms with Gasteiger partial charge in [0.15, 0.2) is 12.3 Å². The predicted molar refractivity (Wildman–Crippen MR) is 94.2 cm³/mol. The third kappa shape index (κ3) is 4.26. The van der Waals surface area contributed by atoms with Crippen LogP contribution in [0.4, 0.5) is 5.82 Å². The van der Waals surface area contributed by atoms with Crippen molar-refractivity contribution in [1.82, 2.24) is 25.2 Å². The number of hydrogen-bond acceptors (Lipinski definition) is 7. The van der Waals surface area contributed by atoms with Crippen LogP contribution in [-0.2, 0) is 23.3 Å². The van der Waals surface area contributed by atoms with Gasteiger partial charge in [-0.25, -0.2) is 9.67 Å². The summed E-state index contributed by atoms with van der Waals surface area (Å²) in [6.07, 6.45) is 0. The van der Waals surface area contributed by atoms with Crippen molar-refractivity contribution in [3.8, 4) is 0 Å². The highest BCUT2D eigenvalue weighted by molar-refractivity contribution is 6.10. The SMILES string of the molecule is CC(=O)Nc1cccc(CO/N=C(/c2ccccc2)c2nnnn2C)n1. The van der Waals surface area contributed by atoms with Crippen molar-refractivity contribution in [2.75, 3.05) is 5.32 Å². The summed E-state index contributed by atoms with van der Waals surface area (Å²) < 4.78 is 1.52. The van der Waals surface area contributed by atoms with E-state index >= 15 is 0 Å². The number of rotatable bonds is 6. The number of anilines is 1. The molecule has 0 atom stereocenters. The van der Waals surface area contributed by atoms with Crippen LogP contribution in [0.5, 0.6) is 0 Å². The quantitative estimate of drug-likeness (QED) is 0.533. The fourth-order valence-electron chi connectivity index (χ4n) is 2.22. The van der Waals surface area contributed by atoms with Crippen LogP contribution in [0.3, 0.4) is 0 Å². The molecular weight excluding hydrogens is 334 g/mol. The van der Waals surface area contributed by atoms with Crippen molar-refractivity contribution in [3.05, 3.63) is 65.6 Å². The lowest BCUT2D eigenvalue weighted by atomic mass is 10.1. The summed E-state index contributed by atoms with van der Waals surface area (Å²) >= 11 is 0. The summed E-state index contributed by atoms with van der Waals surface area (Å²) in [7, 11) is 1.73. The van der Waals surface area contributed by atoms with Crippen LogP contribution >= 0.6 is 0 Å². The third-order valence-electron chi connectivity index (χ3n) is 3.36. The fraction of sp³-hybridized carbons (Fsp3) is 0.176. The number of amides is 1. The first kappa shape index (κ1) is 17.2. The van der Waals surface area contributed by atoms with E-state index < -0.39 is 0 Å². The molecule has 1 aromatic carbocycles. The van der Waals surface area contributed by atoms with E-state index in [0.717, 1.165) is 5.56 Å². The second-order valence-corrected chi connectivity index (χ2v) is 5.40. The van der Waals surface area contributed by atoms with Gasteiger partial charge in [-0.2, -0.15) is 0 Å². The summed E-state index contributed by atoms with van der Waals surface area (Å²) in [4.78, 5) is 20.9. The van der Waals surface area contributed by atoms with Crippen molar-refractivity contribution in [1.29, 1.82) is 0 Å². The highest BCUT2D eigenvalue weighted by Crippen LogP contribution is 2.10. The number of oxime groups is 1. The smallest absolute Gasteiger partial charge is 0.222 e. The van der Waals surface area contributed by atoms with E-state index in [4.69, 9.17) is 4.84 Å². The lowest BCUT2D eigenvalue weighted by molar-refractivity contribution is -0.114. The molecule has 3 rings (SSSR count). The second kappa shape index (κ2) is 7.97. The molecule has 0 aliphatic carbocycles. The molecule has 0 aliphatic rings. The number of nitrogens with zero attached hydrogens (tertiary/aromatic N) is 6. The number of carbonyl (C=O) groups excluding carboxylic acids is 1. The van der Waals surface area contributed by atoms with E-state index in [2.05, 4.69) is 31.0 Å². The van der Waals surface area contributed by atoms with Gasteiger partial charge in [0.25, 0.3) is 0 Å². The van der Waals surface area contributed by atoms with Crippen LogP contribution in [0.2, 0.25) is 0 Å². The minimum absolute atomic E-state index is 0.134. The normalized spacial score (nSPS) is 11.2. The fourth-order valence-corrected chi connectivity index (χ4v) is 2.22. The zero-order chi connectivity index (χ0) is 18.4. The molecule has 0 spiro atoms. The van der Waals surface area contributed by atoms with Gasteiger partial charge in [-0.1, -0.05) is 41.6 Å². The van der Waals surface area contributed by atoms with E-state index in [-0.39, 0.29) is 12.5 Å². The molecule has 1 N–H and O–H groups in total. The average molecular weight is 351 g/mol. The molecule has 0 saturated carbocycles. The number of hydrogen-bond donors (Lipinski definition) is 1. The number of nitrogens with one attached hydrogen (secondary N) is 1. The third-order valence-corrected chi connectivity index (χ3v) is 3.36. The molecule has 1 amide bonds. The van der Waals surface area contributed by atoms with Crippen LogP contribution in [0.15, 0.2) is 53.7 Å². The number of carbonyl (C=O) groups is 1. The standard InChI is InChI=1S/C17H17N7O2/c1-12(25)18-15-10-6-9-14(19-15)11-26-21-16(13-7-4-3-5-8-13)17-20-22-23-24(17)2/h3-10H,11H2,1-2H3,(H,18,19,25)/b21-16-. The van der Waals surface area contributed by atoms with Crippen molar-refractivity contribution in [2.24, 2.45) is 12.2 Å². The molecular formula is C17H17N7O2. The van der Waals surface area contributed by atoms with E-state index in [1.165, 1.54) is 11.6 Å². The molecule has 0 aliphatic heterocycles. The summed E-state index contributed by atoms with van der Waals surface area (Å²) in [5.41, 5.74) is 1.96. The van der Waals surface area contributed by atoms with Crippen molar-refractivity contribution >= 4 is 17.4 Å². The molecule has 26 heavy (non-hydrogen) atoms. The number of aromatic nitrogens is 5. The summed E-state index contributed by atoms with van der Waals surface area (Å²) in [6, 6.07) is 14.8. The average Bonchev–Trinajstić information content (AvgIpc) is 3.05. The first-order chi connectivity index (χ1) is 12.6. The van der Waals surface area contributed by atoms with Gasteiger partial charge >= 0.3 is 0 Å². The molecule has 9 heteroatoms. The Hall–Kier alpha value is -3.62. The summed E-state index contributed by atoms with van der Waals surface area (Å²) in [5, 5.41) is 18.3. The summed E-state index contributed by atoms with van der Waals surface area (Å²) in [6.45, 7) is 1.56. The van der Waals surface area contributed by atoms with Gasteiger partial charge in [0, 0.05) is 19.5 Å². The molecule has 132 valence electrons.